The van der Waals surface area contributed by atoms with Crippen molar-refractivity contribution in [2.24, 2.45) is 51.3 Å². The fourth-order valence-corrected chi connectivity index (χ4v) is 9.34. The molecule has 1 N–H and O–H groups in total. The van der Waals surface area contributed by atoms with Crippen molar-refractivity contribution in [1.29, 1.82) is 0 Å². The molecule has 0 amide bonds. The largest absolute Gasteiger partial charge is 0.462 e. The van der Waals surface area contributed by atoms with Gasteiger partial charge in [-0.15, -0.1) is 0 Å². The van der Waals surface area contributed by atoms with Gasteiger partial charge in [-0.25, -0.2) is 0 Å². The number of carbonyl (C=O) groups is 1. The molecule has 4 nitrogen and oxygen atoms in total. The molecule has 0 saturated heterocycles. The number of rotatable bonds is 3. The molecule has 1 aliphatic heterocycles. The van der Waals surface area contributed by atoms with Crippen LogP contribution in [0.25, 0.3) is 0 Å². The van der Waals surface area contributed by atoms with Crippen LogP contribution in [0.4, 0.5) is 0 Å². The smallest absolute Gasteiger partial charge is 0.302 e. The fourth-order valence-electron chi connectivity index (χ4n) is 9.34. The number of aliphatic imine (C=N–C) groups is 1. The zero-order chi connectivity index (χ0) is 23.5. The summed E-state index contributed by atoms with van der Waals surface area (Å²) in [6.45, 7) is 12.2. The Morgan fingerprint density at radius 2 is 2.00 bits per heavy atom. The zero-order valence-corrected chi connectivity index (χ0v) is 21.5. The maximum absolute atomic E-state index is 11.5. The number of ether oxygens (including phenoxy) is 1. The summed E-state index contributed by atoms with van der Waals surface area (Å²) >= 11 is 0. The number of aliphatic hydroxyl groups excluding tert-OH is 1. The zero-order valence-electron chi connectivity index (χ0n) is 21.5. The van der Waals surface area contributed by atoms with E-state index in [1.807, 2.05) is 0 Å². The van der Waals surface area contributed by atoms with Crippen molar-refractivity contribution in [3.8, 4) is 0 Å². The molecule has 5 rings (SSSR count). The van der Waals surface area contributed by atoms with Gasteiger partial charge in [0.15, 0.2) is 0 Å². The average molecular weight is 456 g/mol. The highest BCUT2D eigenvalue weighted by Gasteiger charge is 2.62. The SMILES string of the molecule is CC(=O)OC1CC[C@@]2(C)C(=CC[C@@H]3[C@@H]2CC[C@]2(C)C(C(C)C4=NCC(C)CC4)C(O)C[C@@H]32)C1. The Labute approximate surface area is 200 Å². The molecule has 33 heavy (non-hydrogen) atoms. The van der Waals surface area contributed by atoms with E-state index in [2.05, 4.69) is 33.8 Å². The summed E-state index contributed by atoms with van der Waals surface area (Å²) in [6, 6.07) is 0. The fraction of sp³-hybridized carbons (Fsp3) is 0.862. The number of esters is 1. The summed E-state index contributed by atoms with van der Waals surface area (Å²) in [5.41, 5.74) is 3.36. The minimum Gasteiger partial charge on any atom is -0.462 e. The number of aliphatic hydroxyl groups is 1. The third kappa shape index (κ3) is 3.83. The molecule has 4 aliphatic carbocycles. The van der Waals surface area contributed by atoms with Gasteiger partial charge >= 0.3 is 5.97 Å². The van der Waals surface area contributed by atoms with Crippen molar-refractivity contribution in [3.05, 3.63) is 11.6 Å². The van der Waals surface area contributed by atoms with Crippen LogP contribution in [0.2, 0.25) is 0 Å². The van der Waals surface area contributed by atoms with Crippen molar-refractivity contribution in [2.75, 3.05) is 6.54 Å². The molecule has 0 aromatic carbocycles. The van der Waals surface area contributed by atoms with Gasteiger partial charge in [-0.05, 0) is 97.7 Å². The number of allylic oxidation sites excluding steroid dienone is 1. The van der Waals surface area contributed by atoms with Gasteiger partial charge in [0.2, 0.25) is 0 Å². The van der Waals surface area contributed by atoms with Crippen LogP contribution in [0.3, 0.4) is 0 Å². The molecule has 3 fully saturated rings. The Morgan fingerprint density at radius 3 is 2.70 bits per heavy atom. The van der Waals surface area contributed by atoms with Crippen LogP contribution in [-0.4, -0.2) is 35.5 Å². The van der Waals surface area contributed by atoms with Crippen molar-refractivity contribution in [2.45, 2.75) is 105 Å². The summed E-state index contributed by atoms with van der Waals surface area (Å²) in [4.78, 5) is 16.5. The number of fused-ring (bicyclic) bond motifs is 5. The van der Waals surface area contributed by atoms with Crippen molar-refractivity contribution in [1.82, 2.24) is 0 Å². The lowest BCUT2D eigenvalue weighted by Gasteiger charge is -2.58. The maximum atomic E-state index is 11.5. The highest BCUT2D eigenvalue weighted by molar-refractivity contribution is 5.87. The third-order valence-corrected chi connectivity index (χ3v) is 11.1. The van der Waals surface area contributed by atoms with E-state index in [1.165, 1.54) is 31.9 Å². The van der Waals surface area contributed by atoms with Gasteiger partial charge in [0.1, 0.15) is 6.10 Å². The molecule has 0 spiro atoms. The summed E-state index contributed by atoms with van der Waals surface area (Å²) in [5.74, 6) is 3.25. The quantitative estimate of drug-likeness (QED) is 0.421. The van der Waals surface area contributed by atoms with Gasteiger partial charge in [0.05, 0.1) is 6.10 Å². The predicted octanol–water partition coefficient (Wildman–Crippen LogP) is 5.97. The van der Waals surface area contributed by atoms with Crippen LogP contribution in [0, 0.1) is 46.3 Å². The molecule has 5 unspecified atom stereocenters. The van der Waals surface area contributed by atoms with Crippen molar-refractivity contribution >= 4 is 11.7 Å². The first kappa shape index (κ1) is 23.6. The first-order chi connectivity index (χ1) is 15.6. The van der Waals surface area contributed by atoms with Gasteiger partial charge in [0, 0.05) is 25.6 Å². The van der Waals surface area contributed by atoms with Crippen LogP contribution in [0.1, 0.15) is 92.4 Å². The summed E-state index contributed by atoms with van der Waals surface area (Å²) in [6.07, 6.45) is 12.4. The third-order valence-electron chi connectivity index (χ3n) is 11.1. The molecule has 3 saturated carbocycles. The van der Waals surface area contributed by atoms with Crippen molar-refractivity contribution < 1.29 is 14.6 Å². The highest BCUT2D eigenvalue weighted by atomic mass is 16.5. The minimum absolute atomic E-state index is 0.0600. The lowest BCUT2D eigenvalue weighted by atomic mass is 9.47. The molecule has 4 heteroatoms. The lowest BCUT2D eigenvalue weighted by Crippen LogP contribution is -2.51. The highest BCUT2D eigenvalue weighted by Crippen LogP contribution is 2.67. The van der Waals surface area contributed by atoms with Crippen LogP contribution in [-0.2, 0) is 9.53 Å². The van der Waals surface area contributed by atoms with E-state index in [0.717, 1.165) is 45.1 Å². The second kappa shape index (κ2) is 8.50. The Kier molecular flexibility index (Phi) is 6.07. The van der Waals surface area contributed by atoms with E-state index in [0.29, 0.717) is 35.5 Å². The van der Waals surface area contributed by atoms with E-state index >= 15 is 0 Å². The van der Waals surface area contributed by atoms with Gasteiger partial charge in [-0.3, -0.25) is 9.79 Å². The number of carbonyl (C=O) groups excluding carboxylic acids is 1. The average Bonchev–Trinajstić information content (AvgIpc) is 3.03. The Balaban J connectivity index is 1.38. The van der Waals surface area contributed by atoms with Gasteiger partial charge in [0.25, 0.3) is 0 Å². The topological polar surface area (TPSA) is 58.9 Å². The molecular formula is C29H45NO3. The van der Waals surface area contributed by atoms with E-state index in [9.17, 15) is 9.90 Å². The molecule has 1 heterocycles. The standard InChI is InChI=1S/C29H45NO3/c1-17-6-9-25(30-16-17)18(2)27-26(32)15-24-22-8-7-20-14-21(33-19(3)31)10-12-28(20,4)23(22)11-13-29(24,27)5/h7,17-18,21-24,26-27,32H,6,8-16H2,1-5H3/t17?,18?,21?,22-,23+,24+,26?,27?,28+,29+/m1/s1. The van der Waals surface area contributed by atoms with Crippen LogP contribution >= 0.6 is 0 Å². The molecular weight excluding hydrogens is 410 g/mol. The van der Waals surface area contributed by atoms with E-state index in [1.54, 1.807) is 5.57 Å². The van der Waals surface area contributed by atoms with Gasteiger partial charge in [-0.1, -0.05) is 39.3 Å². The van der Waals surface area contributed by atoms with Crippen LogP contribution in [0.15, 0.2) is 16.6 Å². The van der Waals surface area contributed by atoms with Crippen LogP contribution < -0.4 is 0 Å². The molecule has 0 aromatic rings. The van der Waals surface area contributed by atoms with E-state index in [4.69, 9.17) is 9.73 Å². The number of hydrogen-bond donors (Lipinski definition) is 1. The summed E-state index contributed by atoms with van der Waals surface area (Å²) in [7, 11) is 0. The molecule has 10 atom stereocenters. The first-order valence-corrected chi connectivity index (χ1v) is 13.7. The van der Waals surface area contributed by atoms with Gasteiger partial charge < -0.3 is 9.84 Å². The Bertz CT molecular complexity index is 848. The number of hydrogen-bond acceptors (Lipinski definition) is 4. The molecule has 5 aliphatic rings. The predicted molar refractivity (Wildman–Crippen MR) is 132 cm³/mol. The lowest BCUT2D eigenvalue weighted by molar-refractivity contribution is -0.148. The first-order valence-electron chi connectivity index (χ1n) is 13.7. The van der Waals surface area contributed by atoms with E-state index in [-0.39, 0.29) is 29.0 Å². The molecule has 0 aromatic heterocycles. The molecule has 0 bridgehead atoms. The van der Waals surface area contributed by atoms with Crippen molar-refractivity contribution in [3.63, 3.8) is 0 Å². The monoisotopic (exact) mass is 455 g/mol. The Hall–Kier alpha value is -1.16. The molecule has 184 valence electrons. The van der Waals surface area contributed by atoms with Gasteiger partial charge in [-0.2, -0.15) is 0 Å². The Morgan fingerprint density at radius 1 is 1.21 bits per heavy atom. The minimum atomic E-state index is -0.200. The second-order valence-corrected chi connectivity index (χ2v) is 12.9. The summed E-state index contributed by atoms with van der Waals surface area (Å²) < 4.78 is 5.60. The second-order valence-electron chi connectivity index (χ2n) is 12.9. The van der Waals surface area contributed by atoms with Crippen LogP contribution in [0.5, 0.6) is 0 Å². The molecule has 0 radical (unpaired) electrons. The van der Waals surface area contributed by atoms with E-state index < -0.39 is 0 Å². The number of nitrogens with zero attached hydrogens (tertiary/aromatic N) is 1. The summed E-state index contributed by atoms with van der Waals surface area (Å²) in [5, 5.41) is 11.4. The normalized spacial score (nSPS) is 48.0. The maximum Gasteiger partial charge on any atom is 0.302 e.